The van der Waals surface area contributed by atoms with Gasteiger partial charge in [-0.3, -0.25) is 0 Å². The Hall–Kier alpha value is -1.80. The lowest BCUT2D eigenvalue weighted by atomic mass is 10.1. The topological polar surface area (TPSA) is 30.5 Å². The van der Waals surface area contributed by atoms with Crippen molar-refractivity contribution in [1.29, 1.82) is 0 Å². The summed E-state index contributed by atoms with van der Waals surface area (Å²) in [5, 5.41) is 3.24. The van der Waals surface area contributed by atoms with Crippen molar-refractivity contribution in [3.8, 4) is 23.8 Å². The van der Waals surface area contributed by atoms with Crippen LogP contribution in [0.1, 0.15) is 25.8 Å². The molecule has 0 aliphatic carbocycles. The number of rotatable bonds is 8. The van der Waals surface area contributed by atoms with Crippen molar-refractivity contribution >= 4 is 0 Å². The van der Waals surface area contributed by atoms with Crippen molar-refractivity contribution in [2.24, 2.45) is 0 Å². The SMILES string of the molecule is C#CCC(C)NCc1ccc(OC(F)F)c(OCC)c1. The number of nitrogens with one attached hydrogen (secondary N) is 1. The Morgan fingerprint density at radius 2 is 2.10 bits per heavy atom. The third-order valence-corrected chi connectivity index (χ3v) is 2.60. The van der Waals surface area contributed by atoms with Gasteiger partial charge in [0.1, 0.15) is 0 Å². The summed E-state index contributed by atoms with van der Waals surface area (Å²) in [5.41, 5.74) is 0.916. The minimum atomic E-state index is -2.87. The van der Waals surface area contributed by atoms with E-state index in [9.17, 15) is 8.78 Å². The van der Waals surface area contributed by atoms with E-state index in [0.717, 1.165) is 5.56 Å². The molecule has 0 fully saturated rings. The number of halogens is 2. The first kappa shape index (κ1) is 16.3. The predicted molar refractivity (Wildman–Crippen MR) is 74.0 cm³/mol. The maximum atomic E-state index is 12.3. The van der Waals surface area contributed by atoms with E-state index in [-0.39, 0.29) is 11.8 Å². The lowest BCUT2D eigenvalue weighted by molar-refractivity contribution is -0.0514. The average molecular weight is 283 g/mol. The van der Waals surface area contributed by atoms with Gasteiger partial charge in [-0.15, -0.1) is 12.3 Å². The summed E-state index contributed by atoms with van der Waals surface area (Å²) in [6.07, 6.45) is 5.86. The number of benzene rings is 1. The quantitative estimate of drug-likeness (QED) is 0.743. The number of alkyl halides is 2. The van der Waals surface area contributed by atoms with E-state index >= 15 is 0 Å². The average Bonchev–Trinajstić information content (AvgIpc) is 2.39. The van der Waals surface area contributed by atoms with Crippen LogP contribution in [0.25, 0.3) is 0 Å². The van der Waals surface area contributed by atoms with E-state index in [1.807, 2.05) is 6.92 Å². The fourth-order valence-electron chi connectivity index (χ4n) is 1.67. The van der Waals surface area contributed by atoms with Crippen LogP contribution in [0, 0.1) is 12.3 Å². The first-order valence-electron chi connectivity index (χ1n) is 6.44. The molecule has 1 N–H and O–H groups in total. The molecule has 110 valence electrons. The number of hydrogen-bond acceptors (Lipinski definition) is 3. The van der Waals surface area contributed by atoms with Gasteiger partial charge in [-0.2, -0.15) is 8.78 Å². The van der Waals surface area contributed by atoms with Gasteiger partial charge in [0.15, 0.2) is 11.5 Å². The van der Waals surface area contributed by atoms with Gasteiger partial charge in [0.25, 0.3) is 0 Å². The minimum absolute atomic E-state index is 0.0438. The van der Waals surface area contributed by atoms with Crippen LogP contribution in [0.4, 0.5) is 8.78 Å². The van der Waals surface area contributed by atoms with Gasteiger partial charge >= 0.3 is 6.61 Å². The minimum Gasteiger partial charge on any atom is -0.490 e. The maximum Gasteiger partial charge on any atom is 0.387 e. The second kappa shape index (κ2) is 8.39. The molecular weight excluding hydrogens is 264 g/mol. The van der Waals surface area contributed by atoms with Crippen LogP contribution >= 0.6 is 0 Å². The molecule has 1 aromatic carbocycles. The van der Waals surface area contributed by atoms with Gasteiger partial charge < -0.3 is 14.8 Å². The van der Waals surface area contributed by atoms with Gasteiger partial charge in [0, 0.05) is 19.0 Å². The Kier molecular flexibility index (Phi) is 6.82. The van der Waals surface area contributed by atoms with Crippen LogP contribution in [0.15, 0.2) is 18.2 Å². The van der Waals surface area contributed by atoms with E-state index in [4.69, 9.17) is 11.2 Å². The summed E-state index contributed by atoms with van der Waals surface area (Å²) in [4.78, 5) is 0. The molecule has 5 heteroatoms. The summed E-state index contributed by atoms with van der Waals surface area (Å²) >= 11 is 0. The van der Waals surface area contributed by atoms with Crippen molar-refractivity contribution in [2.45, 2.75) is 39.5 Å². The molecule has 0 saturated carbocycles. The Morgan fingerprint density at radius 1 is 1.35 bits per heavy atom. The molecule has 1 atom stereocenters. The first-order chi connectivity index (χ1) is 9.56. The van der Waals surface area contributed by atoms with Crippen LogP contribution in [0.3, 0.4) is 0 Å². The zero-order chi connectivity index (χ0) is 15.0. The zero-order valence-corrected chi connectivity index (χ0v) is 11.7. The van der Waals surface area contributed by atoms with Gasteiger partial charge in [-0.1, -0.05) is 6.07 Å². The second-order valence-electron chi connectivity index (χ2n) is 4.28. The highest BCUT2D eigenvalue weighted by Gasteiger charge is 2.11. The summed E-state index contributed by atoms with van der Waals surface area (Å²) in [6, 6.07) is 5.08. The molecule has 0 bridgehead atoms. The van der Waals surface area contributed by atoms with Gasteiger partial charge in [-0.05, 0) is 31.5 Å². The normalized spacial score (nSPS) is 12.0. The van der Waals surface area contributed by atoms with E-state index < -0.39 is 6.61 Å². The van der Waals surface area contributed by atoms with Gasteiger partial charge in [-0.25, -0.2) is 0 Å². The molecule has 0 saturated heterocycles. The first-order valence-corrected chi connectivity index (χ1v) is 6.44. The molecule has 1 unspecified atom stereocenters. The summed E-state index contributed by atoms with van der Waals surface area (Å²) < 4.78 is 34.3. The molecule has 1 rings (SSSR count). The molecule has 0 aliphatic rings. The molecule has 0 heterocycles. The van der Waals surface area contributed by atoms with Crippen molar-refractivity contribution in [2.75, 3.05) is 6.61 Å². The van der Waals surface area contributed by atoms with Crippen molar-refractivity contribution in [3.63, 3.8) is 0 Å². The molecule has 0 amide bonds. The smallest absolute Gasteiger partial charge is 0.387 e. The van der Waals surface area contributed by atoms with E-state index in [2.05, 4.69) is 16.0 Å². The van der Waals surface area contributed by atoms with Gasteiger partial charge in [0.2, 0.25) is 0 Å². The Balaban J connectivity index is 2.74. The summed E-state index contributed by atoms with van der Waals surface area (Å²) in [6.45, 7) is 1.86. The van der Waals surface area contributed by atoms with Crippen LogP contribution in [0.5, 0.6) is 11.5 Å². The molecule has 1 aromatic rings. The summed E-state index contributed by atoms with van der Waals surface area (Å²) in [7, 11) is 0. The third kappa shape index (κ3) is 5.45. The van der Waals surface area contributed by atoms with Crippen molar-refractivity contribution in [1.82, 2.24) is 5.32 Å². The molecule has 0 aliphatic heterocycles. The van der Waals surface area contributed by atoms with E-state index in [1.165, 1.54) is 6.07 Å². The highest BCUT2D eigenvalue weighted by molar-refractivity contribution is 5.43. The lowest BCUT2D eigenvalue weighted by Gasteiger charge is -2.14. The molecule has 0 aromatic heterocycles. The summed E-state index contributed by atoms with van der Waals surface area (Å²) in [5.74, 6) is 2.94. The van der Waals surface area contributed by atoms with Crippen LogP contribution in [-0.2, 0) is 6.54 Å². The van der Waals surface area contributed by atoms with Crippen molar-refractivity contribution in [3.05, 3.63) is 23.8 Å². The van der Waals surface area contributed by atoms with Crippen LogP contribution in [-0.4, -0.2) is 19.3 Å². The highest BCUT2D eigenvalue weighted by atomic mass is 19.3. The fraction of sp³-hybridized carbons (Fsp3) is 0.467. The molecule has 0 spiro atoms. The maximum absolute atomic E-state index is 12.3. The highest BCUT2D eigenvalue weighted by Crippen LogP contribution is 2.29. The third-order valence-electron chi connectivity index (χ3n) is 2.60. The Labute approximate surface area is 118 Å². The molecule has 0 radical (unpaired) electrons. The Bertz CT molecular complexity index is 458. The van der Waals surface area contributed by atoms with Crippen molar-refractivity contribution < 1.29 is 18.3 Å². The number of ether oxygens (including phenoxy) is 2. The Morgan fingerprint density at radius 3 is 2.70 bits per heavy atom. The standard InChI is InChI=1S/C15H19F2NO2/c1-4-6-11(3)18-10-12-7-8-13(20-15(16)17)14(9-12)19-5-2/h1,7-9,11,15,18H,5-6,10H2,2-3H3. The van der Waals surface area contributed by atoms with Gasteiger partial charge in [0.05, 0.1) is 6.61 Å². The molecule has 20 heavy (non-hydrogen) atoms. The van der Waals surface area contributed by atoms with Crippen LogP contribution < -0.4 is 14.8 Å². The largest absolute Gasteiger partial charge is 0.490 e. The predicted octanol–water partition coefficient (Wildman–Crippen LogP) is 3.19. The monoisotopic (exact) mass is 283 g/mol. The van der Waals surface area contributed by atoms with E-state index in [0.29, 0.717) is 25.3 Å². The van der Waals surface area contributed by atoms with Crippen LogP contribution in [0.2, 0.25) is 0 Å². The van der Waals surface area contributed by atoms with E-state index in [1.54, 1.807) is 19.1 Å². The fourth-order valence-corrected chi connectivity index (χ4v) is 1.67. The molecular formula is C15H19F2NO2. The second-order valence-corrected chi connectivity index (χ2v) is 4.28. The molecule has 3 nitrogen and oxygen atoms in total. The lowest BCUT2D eigenvalue weighted by Crippen LogP contribution is -2.24. The zero-order valence-electron chi connectivity index (χ0n) is 11.7. The number of hydrogen-bond donors (Lipinski definition) is 1. The number of terminal acetylenes is 1.